The van der Waals surface area contributed by atoms with Crippen molar-refractivity contribution in [2.45, 2.75) is 32.0 Å². The number of ether oxygens (including phenoxy) is 1. The quantitative estimate of drug-likeness (QED) is 0.661. The van der Waals surface area contributed by atoms with Gasteiger partial charge in [0.15, 0.2) is 0 Å². The standard InChI is InChI=1S/C7H14F3NO/c1-2-6(11)3-4-12-5-7(8,9)10/h6H,2-5,11H2,1H3/t6-/m0/s1. The van der Waals surface area contributed by atoms with Crippen molar-refractivity contribution in [3.8, 4) is 0 Å². The van der Waals surface area contributed by atoms with E-state index in [-0.39, 0.29) is 12.6 Å². The van der Waals surface area contributed by atoms with Gasteiger partial charge in [-0.3, -0.25) is 0 Å². The van der Waals surface area contributed by atoms with Crippen LogP contribution < -0.4 is 5.73 Å². The second-order valence-corrected chi connectivity index (χ2v) is 2.62. The van der Waals surface area contributed by atoms with Gasteiger partial charge in [-0.15, -0.1) is 0 Å². The summed E-state index contributed by atoms with van der Waals surface area (Å²) in [6, 6.07) is -0.0572. The lowest BCUT2D eigenvalue weighted by Crippen LogP contribution is -2.23. The lowest BCUT2D eigenvalue weighted by atomic mass is 10.2. The summed E-state index contributed by atoms with van der Waals surface area (Å²) in [6.07, 6.45) is -2.99. The molecule has 1 atom stereocenters. The minimum atomic E-state index is -4.23. The van der Waals surface area contributed by atoms with Gasteiger partial charge in [0.25, 0.3) is 0 Å². The number of rotatable bonds is 5. The second-order valence-electron chi connectivity index (χ2n) is 2.62. The van der Waals surface area contributed by atoms with Crippen molar-refractivity contribution >= 4 is 0 Å². The summed E-state index contributed by atoms with van der Waals surface area (Å²) in [6.45, 7) is 0.784. The normalized spacial score (nSPS) is 14.8. The highest BCUT2D eigenvalue weighted by molar-refractivity contribution is 4.57. The van der Waals surface area contributed by atoms with Crippen LogP contribution in [0.25, 0.3) is 0 Å². The highest BCUT2D eigenvalue weighted by Crippen LogP contribution is 2.14. The van der Waals surface area contributed by atoms with E-state index < -0.39 is 12.8 Å². The van der Waals surface area contributed by atoms with Crippen molar-refractivity contribution in [2.24, 2.45) is 5.73 Å². The van der Waals surface area contributed by atoms with E-state index in [1.165, 1.54) is 0 Å². The molecule has 74 valence electrons. The number of hydrogen-bond donors (Lipinski definition) is 1. The molecule has 0 aliphatic rings. The summed E-state index contributed by atoms with van der Waals surface area (Å²) < 4.78 is 38.9. The van der Waals surface area contributed by atoms with Crippen LogP contribution in [0.3, 0.4) is 0 Å². The fourth-order valence-electron chi connectivity index (χ4n) is 0.627. The maximum absolute atomic E-state index is 11.5. The first-order valence-corrected chi connectivity index (χ1v) is 3.85. The molecule has 0 aromatic rings. The summed E-state index contributed by atoms with van der Waals surface area (Å²) in [5.74, 6) is 0. The summed E-state index contributed by atoms with van der Waals surface area (Å²) in [5, 5.41) is 0. The van der Waals surface area contributed by atoms with Gasteiger partial charge in [0.1, 0.15) is 6.61 Å². The zero-order valence-corrected chi connectivity index (χ0v) is 7.03. The van der Waals surface area contributed by atoms with Crippen LogP contribution in [0.4, 0.5) is 13.2 Å². The number of alkyl halides is 3. The first kappa shape index (κ1) is 11.7. The van der Waals surface area contributed by atoms with E-state index in [1.54, 1.807) is 0 Å². The van der Waals surface area contributed by atoms with Crippen LogP contribution >= 0.6 is 0 Å². The van der Waals surface area contributed by atoms with Gasteiger partial charge in [-0.1, -0.05) is 6.92 Å². The zero-order chi connectivity index (χ0) is 9.61. The van der Waals surface area contributed by atoms with Gasteiger partial charge in [0, 0.05) is 12.6 Å². The minimum absolute atomic E-state index is 0.0572. The fourth-order valence-corrected chi connectivity index (χ4v) is 0.627. The predicted octanol–water partition coefficient (Wildman–Crippen LogP) is 1.69. The molecule has 0 unspecified atom stereocenters. The molecule has 0 heterocycles. The van der Waals surface area contributed by atoms with Gasteiger partial charge in [-0.05, 0) is 12.8 Å². The van der Waals surface area contributed by atoms with Crippen LogP contribution in [-0.4, -0.2) is 25.4 Å². The molecule has 0 aromatic heterocycles. The SMILES string of the molecule is CC[C@H](N)CCOCC(F)(F)F. The van der Waals surface area contributed by atoms with Gasteiger partial charge in [-0.2, -0.15) is 13.2 Å². The number of halogens is 3. The summed E-state index contributed by atoms with van der Waals surface area (Å²) in [7, 11) is 0. The Hall–Kier alpha value is -0.290. The summed E-state index contributed by atoms with van der Waals surface area (Å²) in [4.78, 5) is 0. The highest BCUT2D eigenvalue weighted by Gasteiger charge is 2.27. The Morgan fingerprint density at radius 2 is 2.00 bits per heavy atom. The third-order valence-electron chi connectivity index (χ3n) is 1.42. The van der Waals surface area contributed by atoms with Gasteiger partial charge >= 0.3 is 6.18 Å². The van der Waals surface area contributed by atoms with Crippen LogP contribution in [0.1, 0.15) is 19.8 Å². The molecule has 2 N–H and O–H groups in total. The van der Waals surface area contributed by atoms with Crippen LogP contribution in [0.15, 0.2) is 0 Å². The summed E-state index contributed by atoms with van der Waals surface area (Å²) in [5.41, 5.74) is 5.46. The Morgan fingerprint density at radius 1 is 1.42 bits per heavy atom. The van der Waals surface area contributed by atoms with Crippen molar-refractivity contribution in [3.63, 3.8) is 0 Å². The lowest BCUT2D eigenvalue weighted by molar-refractivity contribution is -0.174. The average molecular weight is 185 g/mol. The average Bonchev–Trinajstić information content (AvgIpc) is 1.96. The molecule has 0 aliphatic carbocycles. The molecule has 0 aromatic carbocycles. The smallest absolute Gasteiger partial charge is 0.372 e. The van der Waals surface area contributed by atoms with Gasteiger partial charge < -0.3 is 10.5 Å². The largest absolute Gasteiger partial charge is 0.411 e. The van der Waals surface area contributed by atoms with Crippen molar-refractivity contribution in [3.05, 3.63) is 0 Å². The lowest BCUT2D eigenvalue weighted by Gasteiger charge is -2.10. The van der Waals surface area contributed by atoms with E-state index in [0.29, 0.717) is 6.42 Å². The first-order chi connectivity index (χ1) is 5.45. The Bertz CT molecular complexity index is 116. The molecule has 0 bridgehead atoms. The molecule has 0 aliphatic heterocycles. The van der Waals surface area contributed by atoms with E-state index in [9.17, 15) is 13.2 Å². The van der Waals surface area contributed by atoms with Crippen molar-refractivity contribution in [1.29, 1.82) is 0 Å². The third kappa shape index (κ3) is 7.81. The molecule has 0 saturated heterocycles. The Balaban J connectivity index is 3.22. The van der Waals surface area contributed by atoms with Gasteiger partial charge in [0.2, 0.25) is 0 Å². The molecule has 0 amide bonds. The van der Waals surface area contributed by atoms with Crippen molar-refractivity contribution < 1.29 is 17.9 Å². The minimum Gasteiger partial charge on any atom is -0.372 e. The van der Waals surface area contributed by atoms with E-state index in [0.717, 1.165) is 6.42 Å². The van der Waals surface area contributed by atoms with Crippen LogP contribution in [0, 0.1) is 0 Å². The van der Waals surface area contributed by atoms with E-state index in [4.69, 9.17) is 5.73 Å². The zero-order valence-electron chi connectivity index (χ0n) is 7.03. The van der Waals surface area contributed by atoms with Gasteiger partial charge in [-0.25, -0.2) is 0 Å². The maximum atomic E-state index is 11.5. The van der Waals surface area contributed by atoms with Crippen LogP contribution in [-0.2, 0) is 4.74 Å². The molecule has 2 nitrogen and oxygen atoms in total. The molecule has 5 heteroatoms. The molecule has 0 saturated carbocycles. The maximum Gasteiger partial charge on any atom is 0.411 e. The number of nitrogens with two attached hydrogens (primary N) is 1. The van der Waals surface area contributed by atoms with Gasteiger partial charge in [0.05, 0.1) is 0 Å². The summed E-state index contributed by atoms with van der Waals surface area (Å²) >= 11 is 0. The molecular weight excluding hydrogens is 171 g/mol. The monoisotopic (exact) mass is 185 g/mol. The van der Waals surface area contributed by atoms with E-state index in [2.05, 4.69) is 4.74 Å². The van der Waals surface area contributed by atoms with Crippen LogP contribution in [0.5, 0.6) is 0 Å². The Labute approximate surface area is 69.9 Å². The molecule has 0 fully saturated rings. The fraction of sp³-hybridized carbons (Fsp3) is 1.00. The molecule has 0 radical (unpaired) electrons. The number of hydrogen-bond acceptors (Lipinski definition) is 2. The molecule has 0 rings (SSSR count). The molecular formula is C7H14F3NO. The molecule has 0 spiro atoms. The Morgan fingerprint density at radius 3 is 2.42 bits per heavy atom. The van der Waals surface area contributed by atoms with Crippen LogP contribution in [0.2, 0.25) is 0 Å². The predicted molar refractivity (Wildman–Crippen MR) is 39.8 cm³/mol. The topological polar surface area (TPSA) is 35.2 Å². The first-order valence-electron chi connectivity index (χ1n) is 3.85. The molecule has 12 heavy (non-hydrogen) atoms. The van der Waals surface area contributed by atoms with Crippen molar-refractivity contribution in [2.75, 3.05) is 13.2 Å². The second kappa shape index (κ2) is 5.37. The van der Waals surface area contributed by atoms with E-state index in [1.807, 2.05) is 6.92 Å². The Kier molecular flexibility index (Phi) is 5.24. The third-order valence-corrected chi connectivity index (χ3v) is 1.42. The highest BCUT2D eigenvalue weighted by atomic mass is 19.4. The van der Waals surface area contributed by atoms with Crippen molar-refractivity contribution in [1.82, 2.24) is 0 Å². The van der Waals surface area contributed by atoms with E-state index >= 15 is 0 Å².